The summed E-state index contributed by atoms with van der Waals surface area (Å²) in [6, 6.07) is 6.10. The van der Waals surface area contributed by atoms with E-state index in [0.29, 0.717) is 4.90 Å². The first-order valence-electron chi connectivity index (χ1n) is 7.76. The van der Waals surface area contributed by atoms with E-state index in [1.165, 1.54) is 19.3 Å². The van der Waals surface area contributed by atoms with Crippen LogP contribution in [0.4, 0.5) is 23.7 Å². The number of furan rings is 1. The number of urea groups is 1. The van der Waals surface area contributed by atoms with Gasteiger partial charge in [0.1, 0.15) is 12.3 Å². The Hall–Kier alpha value is -3.30. The van der Waals surface area contributed by atoms with Gasteiger partial charge in [-0.3, -0.25) is 14.5 Å². The fraction of sp³-hybridized carbons (Fsp3) is 0.235. The number of amides is 4. The minimum absolute atomic E-state index is 0.105. The summed E-state index contributed by atoms with van der Waals surface area (Å²) < 4.78 is 42.8. The van der Waals surface area contributed by atoms with E-state index >= 15 is 0 Å². The number of anilines is 1. The second-order valence-corrected chi connectivity index (χ2v) is 6.05. The van der Waals surface area contributed by atoms with Crippen molar-refractivity contribution in [3.63, 3.8) is 0 Å². The molecule has 1 saturated heterocycles. The summed E-state index contributed by atoms with van der Waals surface area (Å²) in [4.78, 5) is 37.5. The Bertz CT molecular complexity index is 878. The first-order valence-corrected chi connectivity index (χ1v) is 7.76. The van der Waals surface area contributed by atoms with Gasteiger partial charge in [0.25, 0.3) is 5.91 Å². The smallest absolute Gasteiger partial charge is 0.416 e. The highest BCUT2D eigenvalue weighted by atomic mass is 19.4. The first kappa shape index (κ1) is 18.5. The number of rotatable bonds is 4. The van der Waals surface area contributed by atoms with E-state index in [-0.39, 0.29) is 11.4 Å². The molecular formula is C17H14F3N3O4. The maximum Gasteiger partial charge on any atom is 0.416 e. The number of hydrogen-bond acceptors (Lipinski definition) is 4. The molecule has 7 nitrogen and oxygen atoms in total. The molecule has 0 aliphatic carbocycles. The Kier molecular flexibility index (Phi) is 4.42. The van der Waals surface area contributed by atoms with Gasteiger partial charge in [-0.1, -0.05) is 0 Å². The molecule has 0 spiro atoms. The van der Waals surface area contributed by atoms with Gasteiger partial charge in [0.15, 0.2) is 5.54 Å². The van der Waals surface area contributed by atoms with E-state index in [2.05, 4.69) is 10.6 Å². The SMILES string of the molecule is C[C@]1(c2ccco2)NC(=O)N(CC(=O)Nc2ccc(C(F)(F)F)cc2)C1=O. The summed E-state index contributed by atoms with van der Waals surface area (Å²) in [7, 11) is 0. The Morgan fingerprint density at radius 3 is 2.44 bits per heavy atom. The number of halogens is 3. The summed E-state index contributed by atoms with van der Waals surface area (Å²) >= 11 is 0. The number of imide groups is 1. The fourth-order valence-electron chi connectivity index (χ4n) is 2.66. The zero-order valence-corrected chi connectivity index (χ0v) is 14.0. The van der Waals surface area contributed by atoms with Crippen molar-refractivity contribution in [3.8, 4) is 0 Å². The molecule has 142 valence electrons. The van der Waals surface area contributed by atoms with Crippen molar-refractivity contribution in [2.75, 3.05) is 11.9 Å². The lowest BCUT2D eigenvalue weighted by Gasteiger charge is -2.18. The van der Waals surface area contributed by atoms with Gasteiger partial charge < -0.3 is 15.1 Å². The highest BCUT2D eigenvalue weighted by molar-refractivity contribution is 6.10. The standard InChI is InChI=1S/C17H14F3N3O4/c1-16(12-3-2-8-27-12)14(25)23(15(26)22-16)9-13(24)21-11-6-4-10(5-7-11)17(18,19)20/h2-8H,9H2,1H3,(H,21,24)(H,22,26)/t16-/m1/s1. The number of nitrogens with zero attached hydrogens (tertiary/aromatic N) is 1. The van der Waals surface area contributed by atoms with Crippen molar-refractivity contribution >= 4 is 23.5 Å². The monoisotopic (exact) mass is 381 g/mol. The topological polar surface area (TPSA) is 91.7 Å². The molecule has 0 radical (unpaired) electrons. The predicted octanol–water partition coefficient (Wildman–Crippen LogP) is 2.70. The summed E-state index contributed by atoms with van der Waals surface area (Å²) in [6.45, 7) is 0.849. The molecule has 1 aliphatic rings. The molecule has 1 atom stereocenters. The molecule has 10 heteroatoms. The van der Waals surface area contributed by atoms with E-state index in [9.17, 15) is 27.6 Å². The molecule has 3 rings (SSSR count). The molecule has 1 fully saturated rings. The maximum absolute atomic E-state index is 12.6. The Labute approximate surface area is 151 Å². The van der Waals surface area contributed by atoms with Crippen LogP contribution in [0.2, 0.25) is 0 Å². The van der Waals surface area contributed by atoms with Gasteiger partial charge in [0.05, 0.1) is 11.8 Å². The van der Waals surface area contributed by atoms with Crippen LogP contribution in [-0.4, -0.2) is 29.3 Å². The largest absolute Gasteiger partial charge is 0.466 e. The van der Waals surface area contributed by atoms with E-state index in [0.717, 1.165) is 24.3 Å². The van der Waals surface area contributed by atoms with Crippen LogP contribution < -0.4 is 10.6 Å². The minimum atomic E-state index is -4.49. The summed E-state index contributed by atoms with van der Waals surface area (Å²) in [6.07, 6.45) is -3.14. The summed E-state index contributed by atoms with van der Waals surface area (Å²) in [5.41, 5.74) is -2.19. The van der Waals surface area contributed by atoms with Gasteiger partial charge >= 0.3 is 12.2 Å². The van der Waals surface area contributed by atoms with Crippen molar-refractivity contribution in [2.45, 2.75) is 18.6 Å². The van der Waals surface area contributed by atoms with Gasteiger partial charge in [-0.25, -0.2) is 4.79 Å². The normalized spacial score (nSPS) is 19.9. The van der Waals surface area contributed by atoms with Crippen molar-refractivity contribution < 1.29 is 32.0 Å². The number of benzene rings is 1. The van der Waals surface area contributed by atoms with E-state index in [1.54, 1.807) is 6.07 Å². The summed E-state index contributed by atoms with van der Waals surface area (Å²) in [5.74, 6) is -1.20. The molecule has 4 amide bonds. The molecular weight excluding hydrogens is 367 g/mol. The van der Waals surface area contributed by atoms with Crippen LogP contribution in [0.25, 0.3) is 0 Å². The molecule has 0 unspecified atom stereocenters. The highest BCUT2D eigenvalue weighted by Crippen LogP contribution is 2.30. The zero-order chi connectivity index (χ0) is 19.8. The average Bonchev–Trinajstić information content (AvgIpc) is 3.19. The predicted molar refractivity (Wildman–Crippen MR) is 86.4 cm³/mol. The first-order chi connectivity index (χ1) is 12.6. The van der Waals surface area contributed by atoms with Gasteiger partial charge in [0, 0.05) is 5.69 Å². The van der Waals surface area contributed by atoms with Crippen LogP contribution in [0.15, 0.2) is 47.1 Å². The second kappa shape index (κ2) is 6.45. The molecule has 27 heavy (non-hydrogen) atoms. The van der Waals surface area contributed by atoms with Crippen molar-refractivity contribution in [1.29, 1.82) is 0 Å². The van der Waals surface area contributed by atoms with Gasteiger partial charge in [-0.2, -0.15) is 13.2 Å². The lowest BCUT2D eigenvalue weighted by molar-refractivity contribution is -0.137. The highest BCUT2D eigenvalue weighted by Gasteiger charge is 2.51. The second-order valence-electron chi connectivity index (χ2n) is 6.05. The molecule has 1 aromatic heterocycles. The van der Waals surface area contributed by atoms with Crippen LogP contribution in [0, 0.1) is 0 Å². The van der Waals surface area contributed by atoms with Crippen LogP contribution in [0.1, 0.15) is 18.2 Å². The lowest BCUT2D eigenvalue weighted by Crippen LogP contribution is -2.41. The zero-order valence-electron chi connectivity index (χ0n) is 14.0. The third kappa shape index (κ3) is 3.50. The average molecular weight is 381 g/mol. The van der Waals surface area contributed by atoms with Crippen LogP contribution in [0.3, 0.4) is 0 Å². The van der Waals surface area contributed by atoms with Gasteiger partial charge in [-0.15, -0.1) is 0 Å². The third-order valence-electron chi connectivity index (χ3n) is 4.09. The minimum Gasteiger partial charge on any atom is -0.466 e. The quantitative estimate of drug-likeness (QED) is 0.797. The van der Waals surface area contributed by atoms with Crippen LogP contribution >= 0.6 is 0 Å². The van der Waals surface area contributed by atoms with Crippen molar-refractivity contribution in [3.05, 3.63) is 54.0 Å². The molecule has 0 bridgehead atoms. The Balaban J connectivity index is 1.67. The number of alkyl halides is 3. The van der Waals surface area contributed by atoms with Crippen LogP contribution in [-0.2, 0) is 21.3 Å². The maximum atomic E-state index is 12.6. The summed E-state index contributed by atoms with van der Waals surface area (Å²) in [5, 5.41) is 4.81. The Morgan fingerprint density at radius 1 is 1.22 bits per heavy atom. The Morgan fingerprint density at radius 2 is 1.89 bits per heavy atom. The number of hydrogen-bond donors (Lipinski definition) is 2. The lowest BCUT2D eigenvalue weighted by atomic mass is 9.99. The molecule has 1 aromatic carbocycles. The number of nitrogens with one attached hydrogen (secondary N) is 2. The molecule has 0 saturated carbocycles. The van der Waals surface area contributed by atoms with Gasteiger partial charge in [0.2, 0.25) is 5.91 Å². The van der Waals surface area contributed by atoms with E-state index < -0.39 is 41.7 Å². The van der Waals surface area contributed by atoms with E-state index in [1.807, 2.05) is 0 Å². The van der Waals surface area contributed by atoms with Crippen LogP contribution in [0.5, 0.6) is 0 Å². The van der Waals surface area contributed by atoms with Crippen molar-refractivity contribution in [1.82, 2.24) is 10.2 Å². The number of carbonyl (C=O) groups is 3. The number of carbonyl (C=O) groups excluding carboxylic acids is 3. The van der Waals surface area contributed by atoms with E-state index in [4.69, 9.17) is 4.42 Å². The molecule has 2 aromatic rings. The van der Waals surface area contributed by atoms with Gasteiger partial charge in [-0.05, 0) is 43.3 Å². The van der Waals surface area contributed by atoms with Crippen molar-refractivity contribution in [2.24, 2.45) is 0 Å². The molecule has 2 heterocycles. The molecule has 2 N–H and O–H groups in total. The fourth-order valence-corrected chi connectivity index (χ4v) is 2.66. The third-order valence-corrected chi connectivity index (χ3v) is 4.09. The molecule has 1 aliphatic heterocycles.